The lowest BCUT2D eigenvalue weighted by Crippen LogP contribution is -2.26. The van der Waals surface area contributed by atoms with Crippen LogP contribution in [0.4, 0.5) is 0 Å². The van der Waals surface area contributed by atoms with Crippen molar-refractivity contribution < 1.29 is 4.79 Å². The Kier molecular flexibility index (Phi) is 3.74. The number of nitrogens with zero attached hydrogens (tertiary/aromatic N) is 1. The second kappa shape index (κ2) is 5.16. The van der Waals surface area contributed by atoms with Gasteiger partial charge in [0, 0.05) is 6.20 Å². The van der Waals surface area contributed by atoms with Crippen LogP contribution in [0.3, 0.4) is 0 Å². The Balaban J connectivity index is 1.93. The monoisotopic (exact) mass is 258 g/mol. The van der Waals surface area contributed by atoms with Gasteiger partial charge in [-0.2, -0.15) is 0 Å². The van der Waals surface area contributed by atoms with Gasteiger partial charge >= 0.3 is 0 Å². The van der Waals surface area contributed by atoms with Crippen LogP contribution in [0.1, 0.15) is 33.4 Å². The number of rotatable bonds is 4. The topological polar surface area (TPSA) is 42.0 Å². The van der Waals surface area contributed by atoms with Crippen LogP contribution in [0.25, 0.3) is 0 Å². The Morgan fingerprint density at radius 3 is 2.74 bits per heavy atom. The first-order valence-electron chi connectivity index (χ1n) is 6.75. The third kappa shape index (κ3) is 3.03. The molecule has 0 spiro atoms. The zero-order valence-corrected chi connectivity index (χ0v) is 12.1. The van der Waals surface area contributed by atoms with E-state index in [2.05, 4.69) is 44.1 Å². The van der Waals surface area contributed by atoms with E-state index < -0.39 is 0 Å². The third-order valence-electron chi connectivity index (χ3n) is 3.88. The summed E-state index contributed by atoms with van der Waals surface area (Å²) in [6.45, 7) is 8.98. The SMILES string of the molecule is CC(C)=C[C@@H]1[C@@H](C(=O)NCc2ccccn2)C1(C)C. The van der Waals surface area contributed by atoms with Crippen molar-refractivity contribution in [3.05, 3.63) is 41.7 Å². The van der Waals surface area contributed by atoms with Crippen molar-refractivity contribution in [2.24, 2.45) is 17.3 Å². The summed E-state index contributed by atoms with van der Waals surface area (Å²) in [5, 5.41) is 2.99. The van der Waals surface area contributed by atoms with Gasteiger partial charge in [-0.3, -0.25) is 9.78 Å². The molecule has 102 valence electrons. The van der Waals surface area contributed by atoms with Crippen LogP contribution in [0, 0.1) is 17.3 Å². The van der Waals surface area contributed by atoms with Gasteiger partial charge in [0.15, 0.2) is 0 Å². The van der Waals surface area contributed by atoms with E-state index in [4.69, 9.17) is 0 Å². The molecule has 2 rings (SSSR count). The third-order valence-corrected chi connectivity index (χ3v) is 3.88. The molecule has 0 aliphatic heterocycles. The molecule has 1 aromatic rings. The minimum absolute atomic E-state index is 0.0749. The number of nitrogens with one attached hydrogen (secondary N) is 1. The summed E-state index contributed by atoms with van der Waals surface area (Å²) < 4.78 is 0. The Bertz CT molecular complexity index is 487. The van der Waals surface area contributed by atoms with E-state index in [1.165, 1.54) is 5.57 Å². The number of hydrogen-bond acceptors (Lipinski definition) is 2. The minimum Gasteiger partial charge on any atom is -0.350 e. The van der Waals surface area contributed by atoms with Gasteiger partial charge in [-0.25, -0.2) is 0 Å². The number of aromatic nitrogens is 1. The molecule has 0 bridgehead atoms. The molecular weight excluding hydrogens is 236 g/mol. The summed E-state index contributed by atoms with van der Waals surface area (Å²) in [6.07, 6.45) is 3.96. The van der Waals surface area contributed by atoms with E-state index in [1.54, 1.807) is 6.20 Å². The Morgan fingerprint density at radius 2 is 2.16 bits per heavy atom. The van der Waals surface area contributed by atoms with Crippen molar-refractivity contribution in [1.29, 1.82) is 0 Å². The van der Waals surface area contributed by atoms with Crippen LogP contribution in [-0.4, -0.2) is 10.9 Å². The molecule has 0 saturated heterocycles. The molecule has 3 heteroatoms. The van der Waals surface area contributed by atoms with Crippen molar-refractivity contribution >= 4 is 5.91 Å². The van der Waals surface area contributed by atoms with E-state index in [0.717, 1.165) is 5.69 Å². The van der Waals surface area contributed by atoms with Crippen LogP contribution in [-0.2, 0) is 11.3 Å². The molecule has 0 aromatic carbocycles. The molecule has 0 radical (unpaired) electrons. The largest absolute Gasteiger partial charge is 0.350 e. The average Bonchev–Trinajstić information content (AvgIpc) is 2.88. The fourth-order valence-electron chi connectivity index (χ4n) is 2.64. The molecule has 1 N–H and O–H groups in total. The van der Waals surface area contributed by atoms with Gasteiger partial charge in [0.05, 0.1) is 18.2 Å². The highest BCUT2D eigenvalue weighted by Crippen LogP contribution is 2.59. The number of amides is 1. The molecular formula is C16H22N2O. The summed E-state index contributed by atoms with van der Waals surface area (Å²) >= 11 is 0. The summed E-state index contributed by atoms with van der Waals surface area (Å²) in [4.78, 5) is 16.4. The van der Waals surface area contributed by atoms with Gasteiger partial charge in [-0.1, -0.05) is 31.6 Å². The zero-order chi connectivity index (χ0) is 14.0. The minimum atomic E-state index is 0.0749. The first kappa shape index (κ1) is 13.8. The Labute approximate surface area is 115 Å². The maximum absolute atomic E-state index is 12.2. The van der Waals surface area contributed by atoms with Crippen molar-refractivity contribution in [2.45, 2.75) is 34.2 Å². The van der Waals surface area contributed by atoms with Gasteiger partial charge in [0.25, 0.3) is 0 Å². The predicted molar refractivity (Wildman–Crippen MR) is 76.3 cm³/mol. The predicted octanol–water partition coefficient (Wildman–Crippen LogP) is 2.94. The quantitative estimate of drug-likeness (QED) is 0.844. The maximum Gasteiger partial charge on any atom is 0.224 e. The van der Waals surface area contributed by atoms with E-state index >= 15 is 0 Å². The highest BCUT2D eigenvalue weighted by atomic mass is 16.2. The van der Waals surface area contributed by atoms with Crippen molar-refractivity contribution in [3.63, 3.8) is 0 Å². The van der Waals surface area contributed by atoms with Crippen LogP contribution < -0.4 is 5.32 Å². The summed E-state index contributed by atoms with van der Waals surface area (Å²) in [6, 6.07) is 5.73. The summed E-state index contributed by atoms with van der Waals surface area (Å²) in [7, 11) is 0. The number of carbonyl (C=O) groups excluding carboxylic acids is 1. The van der Waals surface area contributed by atoms with Gasteiger partial charge < -0.3 is 5.32 Å². The molecule has 2 atom stereocenters. The normalized spacial score (nSPS) is 23.6. The number of allylic oxidation sites excluding steroid dienone is 2. The summed E-state index contributed by atoms with van der Waals surface area (Å²) in [5.74, 6) is 0.588. The fraction of sp³-hybridized carbons (Fsp3) is 0.500. The van der Waals surface area contributed by atoms with Crippen LogP contribution in [0.15, 0.2) is 36.0 Å². The molecule has 0 unspecified atom stereocenters. The second-order valence-electron chi connectivity index (χ2n) is 6.11. The molecule has 1 aromatic heterocycles. The van der Waals surface area contributed by atoms with Crippen LogP contribution in [0.5, 0.6) is 0 Å². The molecule has 1 amide bonds. The Morgan fingerprint density at radius 1 is 1.42 bits per heavy atom. The van der Waals surface area contributed by atoms with Crippen molar-refractivity contribution in [3.8, 4) is 0 Å². The summed E-state index contributed by atoms with van der Waals surface area (Å²) in [5.41, 5.74) is 2.25. The smallest absolute Gasteiger partial charge is 0.224 e. The highest BCUT2D eigenvalue weighted by Gasteiger charge is 2.60. The fourth-order valence-corrected chi connectivity index (χ4v) is 2.64. The molecule has 1 heterocycles. The van der Waals surface area contributed by atoms with Gasteiger partial charge in [-0.15, -0.1) is 0 Å². The molecule has 3 nitrogen and oxygen atoms in total. The van der Waals surface area contributed by atoms with Gasteiger partial charge in [-0.05, 0) is 37.3 Å². The molecule has 1 fully saturated rings. The van der Waals surface area contributed by atoms with E-state index in [1.807, 2.05) is 18.2 Å². The molecule has 1 aliphatic carbocycles. The standard InChI is InChI=1S/C16H22N2O/c1-11(2)9-13-14(16(13,3)4)15(19)18-10-12-7-5-6-8-17-12/h5-9,13-14H,10H2,1-4H3,(H,18,19)/t13-,14+/m1/s1. The lowest BCUT2D eigenvalue weighted by atomic mass is 10.1. The molecule has 1 saturated carbocycles. The van der Waals surface area contributed by atoms with Gasteiger partial charge in [0.2, 0.25) is 5.91 Å². The zero-order valence-electron chi connectivity index (χ0n) is 12.1. The first-order valence-corrected chi connectivity index (χ1v) is 6.75. The van der Waals surface area contributed by atoms with E-state index in [-0.39, 0.29) is 17.2 Å². The number of carbonyl (C=O) groups is 1. The molecule has 19 heavy (non-hydrogen) atoms. The maximum atomic E-state index is 12.2. The van der Waals surface area contributed by atoms with E-state index in [0.29, 0.717) is 12.5 Å². The number of pyridine rings is 1. The average molecular weight is 258 g/mol. The van der Waals surface area contributed by atoms with Crippen LogP contribution in [0.2, 0.25) is 0 Å². The van der Waals surface area contributed by atoms with Gasteiger partial charge in [0.1, 0.15) is 0 Å². The van der Waals surface area contributed by atoms with Crippen LogP contribution >= 0.6 is 0 Å². The number of hydrogen-bond donors (Lipinski definition) is 1. The Hall–Kier alpha value is -1.64. The van der Waals surface area contributed by atoms with E-state index in [9.17, 15) is 4.79 Å². The lowest BCUT2D eigenvalue weighted by molar-refractivity contribution is -0.123. The first-order chi connectivity index (χ1) is 8.93. The van der Waals surface area contributed by atoms with Crippen molar-refractivity contribution in [2.75, 3.05) is 0 Å². The van der Waals surface area contributed by atoms with Crippen molar-refractivity contribution in [1.82, 2.24) is 10.3 Å². The highest BCUT2D eigenvalue weighted by molar-refractivity contribution is 5.83. The second-order valence-corrected chi connectivity index (χ2v) is 6.11. The molecule has 1 aliphatic rings. The lowest BCUT2D eigenvalue weighted by Gasteiger charge is -2.05.